The maximum absolute atomic E-state index is 12.7. The molecule has 1 saturated heterocycles. The highest BCUT2D eigenvalue weighted by atomic mass is 32.1. The summed E-state index contributed by atoms with van der Waals surface area (Å²) in [5.74, 6) is 0.527. The number of thiophene rings is 1. The number of aromatic nitrogens is 2. The molecule has 0 aliphatic carbocycles. The maximum atomic E-state index is 12.7. The van der Waals surface area contributed by atoms with Crippen molar-refractivity contribution in [2.24, 2.45) is 5.92 Å². The molecule has 1 amide bonds. The number of aryl methyl sites for hydroxylation is 1. The Bertz CT molecular complexity index is 878. The lowest BCUT2D eigenvalue weighted by Gasteiger charge is -2.31. The highest BCUT2D eigenvalue weighted by Gasteiger charge is 2.21. The second kappa shape index (κ2) is 7.60. The lowest BCUT2D eigenvalue weighted by Crippen LogP contribution is -2.38. The van der Waals surface area contributed by atoms with Crippen LogP contribution in [0.2, 0.25) is 0 Å². The molecule has 0 bridgehead atoms. The zero-order valence-electron chi connectivity index (χ0n) is 15.0. The second-order valence-electron chi connectivity index (χ2n) is 7.04. The SMILES string of the molecule is Cc1nc2ccccn2c1C(=O)NCC1CCN(Cc2ccsc2)CC1. The lowest BCUT2D eigenvalue weighted by molar-refractivity contribution is 0.0928. The first-order valence-corrected chi connectivity index (χ1v) is 10.1. The van der Waals surface area contributed by atoms with Crippen molar-refractivity contribution in [2.45, 2.75) is 26.3 Å². The van der Waals surface area contributed by atoms with Crippen LogP contribution in [0.15, 0.2) is 41.2 Å². The van der Waals surface area contributed by atoms with Gasteiger partial charge in [-0.05, 0) is 73.3 Å². The predicted octanol–water partition coefficient (Wildman–Crippen LogP) is 3.35. The molecule has 1 fully saturated rings. The van der Waals surface area contributed by atoms with Crippen molar-refractivity contribution in [1.82, 2.24) is 19.6 Å². The van der Waals surface area contributed by atoms with Gasteiger partial charge in [0.1, 0.15) is 11.3 Å². The number of hydrogen-bond donors (Lipinski definition) is 1. The van der Waals surface area contributed by atoms with Gasteiger partial charge in [-0.3, -0.25) is 14.1 Å². The first-order chi connectivity index (χ1) is 12.7. The maximum Gasteiger partial charge on any atom is 0.270 e. The molecular weight excluding hydrogens is 344 g/mol. The molecule has 0 aromatic carbocycles. The Hall–Kier alpha value is -2.18. The summed E-state index contributed by atoms with van der Waals surface area (Å²) in [6.07, 6.45) is 4.17. The van der Waals surface area contributed by atoms with Crippen LogP contribution < -0.4 is 5.32 Å². The number of imidazole rings is 1. The third kappa shape index (κ3) is 3.66. The van der Waals surface area contributed by atoms with Crippen molar-refractivity contribution in [3.8, 4) is 0 Å². The Morgan fingerprint density at radius 3 is 2.92 bits per heavy atom. The van der Waals surface area contributed by atoms with E-state index in [4.69, 9.17) is 0 Å². The van der Waals surface area contributed by atoms with Crippen LogP contribution in [0.5, 0.6) is 0 Å². The molecule has 26 heavy (non-hydrogen) atoms. The van der Waals surface area contributed by atoms with Crippen LogP contribution >= 0.6 is 11.3 Å². The van der Waals surface area contributed by atoms with Crippen molar-refractivity contribution in [3.05, 3.63) is 58.2 Å². The van der Waals surface area contributed by atoms with Crippen molar-refractivity contribution < 1.29 is 4.79 Å². The molecule has 1 N–H and O–H groups in total. The molecule has 1 aliphatic heterocycles. The van der Waals surface area contributed by atoms with E-state index in [2.05, 4.69) is 32.0 Å². The number of pyridine rings is 1. The van der Waals surface area contributed by atoms with Gasteiger partial charge in [0, 0.05) is 19.3 Å². The minimum absolute atomic E-state index is 0.0260. The van der Waals surface area contributed by atoms with Gasteiger partial charge in [-0.25, -0.2) is 4.98 Å². The Kier molecular flexibility index (Phi) is 5.04. The topological polar surface area (TPSA) is 49.6 Å². The molecule has 6 heteroatoms. The molecule has 3 aromatic heterocycles. The normalized spacial score (nSPS) is 16.2. The number of piperidine rings is 1. The van der Waals surface area contributed by atoms with Gasteiger partial charge < -0.3 is 5.32 Å². The average molecular weight is 369 g/mol. The van der Waals surface area contributed by atoms with E-state index in [1.54, 1.807) is 11.3 Å². The molecule has 5 nitrogen and oxygen atoms in total. The van der Waals surface area contributed by atoms with Crippen LogP contribution in [0.3, 0.4) is 0 Å². The minimum atomic E-state index is -0.0260. The summed E-state index contributed by atoms with van der Waals surface area (Å²) in [6, 6.07) is 7.99. The number of carbonyl (C=O) groups excluding carboxylic acids is 1. The number of likely N-dealkylation sites (tertiary alicyclic amines) is 1. The molecule has 136 valence electrons. The molecule has 3 aromatic rings. The van der Waals surface area contributed by atoms with E-state index < -0.39 is 0 Å². The van der Waals surface area contributed by atoms with Gasteiger partial charge in [-0.1, -0.05) is 6.07 Å². The van der Waals surface area contributed by atoms with Gasteiger partial charge in [-0.15, -0.1) is 0 Å². The second-order valence-corrected chi connectivity index (χ2v) is 7.82. The van der Waals surface area contributed by atoms with E-state index >= 15 is 0 Å². The van der Waals surface area contributed by atoms with Crippen molar-refractivity contribution >= 4 is 22.9 Å². The number of nitrogens with one attached hydrogen (secondary N) is 1. The van der Waals surface area contributed by atoms with Gasteiger partial charge in [0.25, 0.3) is 5.91 Å². The molecule has 1 aliphatic rings. The fourth-order valence-corrected chi connectivity index (χ4v) is 4.36. The molecule has 0 atom stereocenters. The summed E-state index contributed by atoms with van der Waals surface area (Å²) in [5, 5.41) is 7.50. The van der Waals surface area contributed by atoms with E-state index in [9.17, 15) is 4.79 Å². The van der Waals surface area contributed by atoms with Crippen LogP contribution in [0.4, 0.5) is 0 Å². The molecule has 4 rings (SSSR count). The largest absolute Gasteiger partial charge is 0.350 e. The highest BCUT2D eigenvalue weighted by molar-refractivity contribution is 7.07. The van der Waals surface area contributed by atoms with Crippen LogP contribution in [0.25, 0.3) is 5.65 Å². The summed E-state index contributed by atoms with van der Waals surface area (Å²) >= 11 is 1.76. The molecule has 0 spiro atoms. The van der Waals surface area contributed by atoms with Crippen LogP contribution in [0, 0.1) is 12.8 Å². The van der Waals surface area contributed by atoms with Gasteiger partial charge in [0.15, 0.2) is 0 Å². The fourth-order valence-electron chi connectivity index (χ4n) is 3.70. The quantitative estimate of drug-likeness (QED) is 0.751. The number of nitrogens with zero attached hydrogens (tertiary/aromatic N) is 3. The number of amides is 1. The number of carbonyl (C=O) groups is 1. The smallest absolute Gasteiger partial charge is 0.270 e. The van der Waals surface area contributed by atoms with E-state index in [0.717, 1.165) is 50.4 Å². The number of rotatable bonds is 5. The van der Waals surface area contributed by atoms with Gasteiger partial charge in [0.2, 0.25) is 0 Å². The highest BCUT2D eigenvalue weighted by Crippen LogP contribution is 2.20. The number of fused-ring (bicyclic) bond motifs is 1. The van der Waals surface area contributed by atoms with E-state index in [1.165, 1.54) is 5.56 Å². The summed E-state index contributed by atoms with van der Waals surface area (Å²) in [6.45, 7) is 5.88. The minimum Gasteiger partial charge on any atom is -0.350 e. The fraction of sp³-hybridized carbons (Fsp3) is 0.400. The van der Waals surface area contributed by atoms with Gasteiger partial charge in [-0.2, -0.15) is 11.3 Å². The zero-order valence-corrected chi connectivity index (χ0v) is 15.8. The van der Waals surface area contributed by atoms with Crippen LogP contribution in [-0.4, -0.2) is 39.8 Å². The summed E-state index contributed by atoms with van der Waals surface area (Å²) in [7, 11) is 0. The number of hydrogen-bond acceptors (Lipinski definition) is 4. The molecule has 0 radical (unpaired) electrons. The lowest BCUT2D eigenvalue weighted by atomic mass is 9.96. The van der Waals surface area contributed by atoms with Crippen LogP contribution in [-0.2, 0) is 6.54 Å². The van der Waals surface area contributed by atoms with E-state index in [-0.39, 0.29) is 5.91 Å². The monoisotopic (exact) mass is 368 g/mol. The molecule has 0 unspecified atom stereocenters. The predicted molar refractivity (Wildman–Crippen MR) is 105 cm³/mol. The van der Waals surface area contributed by atoms with Crippen molar-refractivity contribution in [1.29, 1.82) is 0 Å². The third-order valence-corrected chi connectivity index (χ3v) is 5.90. The Balaban J connectivity index is 1.30. The van der Waals surface area contributed by atoms with Crippen molar-refractivity contribution in [2.75, 3.05) is 19.6 Å². The summed E-state index contributed by atoms with van der Waals surface area (Å²) < 4.78 is 1.87. The zero-order chi connectivity index (χ0) is 17.9. The third-order valence-electron chi connectivity index (χ3n) is 5.16. The molecule has 4 heterocycles. The standard InChI is InChI=1S/C20H24N4OS/c1-15-19(24-8-3-2-4-18(24)22-15)20(25)21-12-16-5-9-23(10-6-16)13-17-7-11-26-14-17/h2-4,7-8,11,14,16H,5-6,9-10,12-13H2,1H3,(H,21,25). The Morgan fingerprint density at radius 1 is 1.31 bits per heavy atom. The molecular formula is C20H24N4OS. The van der Waals surface area contributed by atoms with E-state index in [0.29, 0.717) is 11.6 Å². The summed E-state index contributed by atoms with van der Waals surface area (Å²) in [4.78, 5) is 19.7. The Morgan fingerprint density at radius 2 is 2.15 bits per heavy atom. The van der Waals surface area contributed by atoms with E-state index in [1.807, 2.05) is 35.7 Å². The summed E-state index contributed by atoms with van der Waals surface area (Å²) in [5.41, 5.74) is 3.65. The van der Waals surface area contributed by atoms with Crippen molar-refractivity contribution in [3.63, 3.8) is 0 Å². The first kappa shape index (κ1) is 17.2. The van der Waals surface area contributed by atoms with Gasteiger partial charge in [0.05, 0.1) is 5.69 Å². The molecule has 0 saturated carbocycles. The van der Waals surface area contributed by atoms with Crippen LogP contribution in [0.1, 0.15) is 34.6 Å². The van der Waals surface area contributed by atoms with Gasteiger partial charge >= 0.3 is 0 Å². The average Bonchev–Trinajstić information content (AvgIpc) is 3.27. The Labute approximate surface area is 157 Å². The first-order valence-electron chi connectivity index (χ1n) is 9.16.